The van der Waals surface area contributed by atoms with Crippen molar-refractivity contribution >= 4 is 27.3 Å². The number of ether oxygens (including phenoxy) is 1. The number of nitrogens with zero attached hydrogens (tertiary/aromatic N) is 4. The number of esters is 1. The highest BCUT2D eigenvalue weighted by Gasteiger charge is 2.18. The summed E-state index contributed by atoms with van der Waals surface area (Å²) in [5.41, 5.74) is 1.13. The van der Waals surface area contributed by atoms with Gasteiger partial charge in [-0.3, -0.25) is 0 Å². The Morgan fingerprint density at radius 2 is 2.30 bits per heavy atom. The van der Waals surface area contributed by atoms with Crippen molar-refractivity contribution in [1.82, 2.24) is 19.6 Å². The number of carbonyl (C=O) groups is 1. The highest BCUT2D eigenvalue weighted by molar-refractivity contribution is 7.21. The van der Waals surface area contributed by atoms with E-state index in [0.29, 0.717) is 23.1 Å². The first kappa shape index (κ1) is 15.5. The zero-order valence-corrected chi connectivity index (χ0v) is 13.9. The van der Waals surface area contributed by atoms with Crippen molar-refractivity contribution < 1.29 is 13.9 Å². The Kier molecular flexibility index (Phi) is 4.28. The van der Waals surface area contributed by atoms with E-state index in [-0.39, 0.29) is 11.6 Å². The van der Waals surface area contributed by atoms with Crippen LogP contribution in [0.4, 0.5) is 5.13 Å². The van der Waals surface area contributed by atoms with Gasteiger partial charge in [0.25, 0.3) is 0 Å². The maximum atomic E-state index is 11.8. The number of oxazole rings is 1. The first-order valence-electron chi connectivity index (χ1n) is 7.27. The van der Waals surface area contributed by atoms with Gasteiger partial charge in [-0.2, -0.15) is 0 Å². The molecule has 0 aliphatic heterocycles. The molecular weight excluding hydrogens is 318 g/mol. The third-order valence-electron chi connectivity index (χ3n) is 3.17. The van der Waals surface area contributed by atoms with Gasteiger partial charge in [0.1, 0.15) is 17.8 Å². The van der Waals surface area contributed by atoms with Gasteiger partial charge in [-0.25, -0.2) is 19.3 Å². The molecule has 23 heavy (non-hydrogen) atoms. The van der Waals surface area contributed by atoms with Gasteiger partial charge in [0.05, 0.1) is 13.2 Å². The minimum Gasteiger partial charge on any atom is -0.461 e. The first-order valence-corrected chi connectivity index (χ1v) is 8.09. The predicted octanol–water partition coefficient (Wildman–Crippen LogP) is 2.69. The number of nitrogens with one attached hydrogen (secondary N) is 1. The van der Waals surface area contributed by atoms with Crippen molar-refractivity contribution in [2.24, 2.45) is 0 Å². The van der Waals surface area contributed by atoms with E-state index >= 15 is 0 Å². The lowest BCUT2D eigenvalue weighted by Gasteiger charge is -2.04. The molecule has 8 nitrogen and oxygen atoms in total. The van der Waals surface area contributed by atoms with E-state index in [2.05, 4.69) is 34.2 Å². The van der Waals surface area contributed by atoms with Crippen LogP contribution in [0.15, 0.2) is 17.1 Å². The largest absolute Gasteiger partial charge is 0.461 e. The lowest BCUT2D eigenvalue weighted by molar-refractivity contribution is 0.0522. The third kappa shape index (κ3) is 3.04. The van der Waals surface area contributed by atoms with Crippen LogP contribution in [-0.4, -0.2) is 32.2 Å². The van der Waals surface area contributed by atoms with E-state index in [4.69, 9.17) is 9.15 Å². The molecule has 0 aliphatic rings. The Morgan fingerprint density at radius 3 is 3.04 bits per heavy atom. The molecule has 0 saturated heterocycles. The number of hydrogen-bond acceptors (Lipinski definition) is 8. The third-order valence-corrected chi connectivity index (χ3v) is 4.16. The average Bonchev–Trinajstić information content (AvgIpc) is 3.19. The molecule has 0 spiro atoms. The number of anilines is 1. The van der Waals surface area contributed by atoms with Crippen LogP contribution >= 0.6 is 11.3 Å². The fourth-order valence-corrected chi connectivity index (χ4v) is 3.03. The Hall–Kier alpha value is -2.42. The molecule has 3 heterocycles. The summed E-state index contributed by atoms with van der Waals surface area (Å²) in [6.07, 6.45) is 2.95. The van der Waals surface area contributed by atoms with Gasteiger partial charge < -0.3 is 14.5 Å². The monoisotopic (exact) mass is 335 g/mol. The topological polar surface area (TPSA) is 94.5 Å². The number of aromatic nitrogens is 4. The summed E-state index contributed by atoms with van der Waals surface area (Å²) in [7, 11) is 0. The number of carbonyl (C=O) groups excluding carboxylic acids is 1. The molecule has 0 aliphatic carbocycles. The summed E-state index contributed by atoms with van der Waals surface area (Å²) >= 11 is 1.34. The lowest BCUT2D eigenvalue weighted by atomic mass is 10.1. The smallest absolute Gasteiger partial charge is 0.360 e. The number of fused-ring (bicyclic) bond motifs is 1. The van der Waals surface area contributed by atoms with E-state index in [0.717, 1.165) is 11.5 Å². The lowest BCUT2D eigenvalue weighted by Crippen LogP contribution is -2.04. The molecule has 3 rings (SSSR count). The Morgan fingerprint density at radius 1 is 1.48 bits per heavy atom. The van der Waals surface area contributed by atoms with Crippen LogP contribution in [0, 0.1) is 0 Å². The summed E-state index contributed by atoms with van der Waals surface area (Å²) in [5, 5.41) is 8.22. The van der Waals surface area contributed by atoms with Crippen molar-refractivity contribution in [3.63, 3.8) is 0 Å². The quantitative estimate of drug-likeness (QED) is 0.692. The highest BCUT2D eigenvalue weighted by atomic mass is 32.1. The molecule has 0 saturated carbocycles. The molecule has 0 unspecified atom stereocenters. The van der Waals surface area contributed by atoms with Crippen LogP contribution in [0.25, 0.3) is 4.83 Å². The number of hydrogen-bond donors (Lipinski definition) is 1. The molecule has 0 fully saturated rings. The van der Waals surface area contributed by atoms with Gasteiger partial charge >= 0.3 is 5.97 Å². The molecule has 0 bridgehead atoms. The Balaban J connectivity index is 1.76. The van der Waals surface area contributed by atoms with Gasteiger partial charge in [0.15, 0.2) is 16.9 Å². The molecule has 122 valence electrons. The van der Waals surface area contributed by atoms with Gasteiger partial charge in [-0.05, 0) is 6.92 Å². The van der Waals surface area contributed by atoms with Crippen molar-refractivity contribution in [2.45, 2.75) is 33.2 Å². The van der Waals surface area contributed by atoms with E-state index in [9.17, 15) is 4.79 Å². The zero-order chi connectivity index (χ0) is 16.4. The van der Waals surface area contributed by atoms with Gasteiger partial charge in [-0.1, -0.05) is 25.2 Å². The summed E-state index contributed by atoms with van der Waals surface area (Å²) in [6, 6.07) is 0. The molecule has 0 aromatic carbocycles. The van der Waals surface area contributed by atoms with Crippen LogP contribution in [0.5, 0.6) is 0 Å². The van der Waals surface area contributed by atoms with Crippen LogP contribution < -0.4 is 5.32 Å². The zero-order valence-electron chi connectivity index (χ0n) is 13.1. The van der Waals surface area contributed by atoms with Crippen LogP contribution in [-0.2, 0) is 11.3 Å². The predicted molar refractivity (Wildman–Crippen MR) is 84.7 cm³/mol. The molecule has 0 amide bonds. The molecule has 3 aromatic rings. The summed E-state index contributed by atoms with van der Waals surface area (Å²) in [4.78, 5) is 20.7. The minimum atomic E-state index is -0.441. The summed E-state index contributed by atoms with van der Waals surface area (Å²) in [6.45, 7) is 6.67. The molecule has 0 radical (unpaired) electrons. The highest BCUT2D eigenvalue weighted by Crippen LogP contribution is 2.24. The van der Waals surface area contributed by atoms with Crippen LogP contribution in [0.1, 0.15) is 48.6 Å². The number of imidazole rings is 1. The second kappa shape index (κ2) is 6.37. The van der Waals surface area contributed by atoms with Gasteiger partial charge in [0.2, 0.25) is 5.13 Å². The van der Waals surface area contributed by atoms with Crippen LogP contribution in [0.3, 0.4) is 0 Å². The van der Waals surface area contributed by atoms with Gasteiger partial charge in [-0.15, -0.1) is 5.10 Å². The molecule has 1 N–H and O–H groups in total. The maximum Gasteiger partial charge on any atom is 0.360 e. The van der Waals surface area contributed by atoms with Crippen molar-refractivity contribution in [3.8, 4) is 0 Å². The van der Waals surface area contributed by atoms with Crippen LogP contribution in [0.2, 0.25) is 0 Å². The Labute approximate surface area is 136 Å². The fourth-order valence-electron chi connectivity index (χ4n) is 2.16. The SMILES string of the molecule is CCOC(=O)c1ncn2nc(NCc3ncoc3C(C)C)sc12. The van der Waals surface area contributed by atoms with Crippen molar-refractivity contribution in [1.29, 1.82) is 0 Å². The first-order chi connectivity index (χ1) is 11.1. The average molecular weight is 335 g/mol. The number of rotatable bonds is 6. The standard InChI is InChI=1S/C14H17N5O3S/c1-4-21-13(20)10-12-19(6-16-10)18-14(23-12)15-5-9-11(8(2)3)22-7-17-9/h6-8H,4-5H2,1-3H3,(H,15,18). The van der Waals surface area contributed by atoms with E-state index in [1.807, 2.05) is 0 Å². The summed E-state index contributed by atoms with van der Waals surface area (Å²) < 4.78 is 11.9. The molecular formula is C14H17N5O3S. The normalized spacial score (nSPS) is 11.3. The fraction of sp³-hybridized carbons (Fsp3) is 0.429. The minimum absolute atomic E-state index is 0.265. The van der Waals surface area contributed by atoms with E-state index in [1.54, 1.807) is 11.4 Å². The Bertz CT molecular complexity index is 819. The van der Waals surface area contributed by atoms with E-state index in [1.165, 1.54) is 24.1 Å². The summed E-state index contributed by atoms with van der Waals surface area (Å²) in [5.74, 6) is 0.680. The van der Waals surface area contributed by atoms with Crippen molar-refractivity contribution in [2.75, 3.05) is 11.9 Å². The van der Waals surface area contributed by atoms with E-state index < -0.39 is 5.97 Å². The molecule has 3 aromatic heterocycles. The molecule has 0 atom stereocenters. The van der Waals surface area contributed by atoms with Crippen molar-refractivity contribution in [3.05, 3.63) is 29.9 Å². The molecule has 9 heteroatoms. The maximum absolute atomic E-state index is 11.8. The second-order valence-electron chi connectivity index (χ2n) is 5.14. The second-order valence-corrected chi connectivity index (χ2v) is 6.12. The van der Waals surface area contributed by atoms with Gasteiger partial charge in [0, 0.05) is 5.92 Å².